The van der Waals surface area contributed by atoms with Crippen LogP contribution in [-0.4, -0.2) is 27.9 Å². The summed E-state index contributed by atoms with van der Waals surface area (Å²) < 4.78 is 6.65. The third-order valence-corrected chi connectivity index (χ3v) is 5.71. The van der Waals surface area contributed by atoms with Crippen LogP contribution in [0.3, 0.4) is 0 Å². The Labute approximate surface area is 140 Å². The predicted molar refractivity (Wildman–Crippen MR) is 93.0 cm³/mol. The average Bonchev–Trinajstić information content (AvgIpc) is 2.92. The molecular weight excluding hydrogens is 286 g/mol. The van der Waals surface area contributed by atoms with Crippen LogP contribution in [0, 0.1) is 11.8 Å². The molecule has 2 aliphatic heterocycles. The summed E-state index contributed by atoms with van der Waals surface area (Å²) >= 11 is 0. The number of fused-ring (bicyclic) bond motifs is 1. The van der Waals surface area contributed by atoms with Crippen LogP contribution in [-0.2, 0) is 11.2 Å². The number of hydrogen-bond acceptors (Lipinski definition) is 3. The zero-order valence-electron chi connectivity index (χ0n) is 15.0. The lowest BCUT2D eigenvalue weighted by atomic mass is 9.80. The molecule has 1 atom stereocenters. The highest BCUT2D eigenvalue weighted by Gasteiger charge is 2.58. The Kier molecular flexibility index (Phi) is 3.96. The maximum atomic E-state index is 10.8. The molecule has 3 heteroatoms. The third-order valence-electron chi connectivity index (χ3n) is 5.71. The Morgan fingerprint density at radius 3 is 2.26 bits per heavy atom. The van der Waals surface area contributed by atoms with Crippen molar-refractivity contribution in [2.75, 3.05) is 6.54 Å². The molecular formula is C20H29NO2. The fourth-order valence-electron chi connectivity index (χ4n) is 4.26. The average molecular weight is 315 g/mol. The second-order valence-corrected chi connectivity index (χ2v) is 7.89. The van der Waals surface area contributed by atoms with Gasteiger partial charge in [-0.1, -0.05) is 58.0 Å². The Balaban J connectivity index is 1.87. The summed E-state index contributed by atoms with van der Waals surface area (Å²) in [6.07, 6.45) is 1.56. The molecule has 0 saturated carbocycles. The molecule has 0 radical (unpaired) electrons. The summed E-state index contributed by atoms with van der Waals surface area (Å²) in [6, 6.07) is 10.3. The van der Waals surface area contributed by atoms with Crippen LogP contribution in [0.2, 0.25) is 0 Å². The Hall–Kier alpha value is -1.48. The highest BCUT2D eigenvalue weighted by atomic mass is 16.6. The van der Waals surface area contributed by atoms with E-state index in [1.54, 1.807) is 0 Å². The van der Waals surface area contributed by atoms with Gasteiger partial charge in [-0.15, -0.1) is 0 Å². The Morgan fingerprint density at radius 2 is 1.74 bits per heavy atom. The van der Waals surface area contributed by atoms with Crippen molar-refractivity contribution in [2.45, 2.75) is 58.8 Å². The van der Waals surface area contributed by atoms with Gasteiger partial charge in [-0.05, 0) is 36.3 Å². The van der Waals surface area contributed by atoms with E-state index in [1.165, 1.54) is 5.56 Å². The van der Waals surface area contributed by atoms with E-state index < -0.39 is 5.72 Å². The number of hydrogen-bond donors (Lipinski definition) is 1. The molecule has 2 heterocycles. The van der Waals surface area contributed by atoms with Gasteiger partial charge >= 0.3 is 0 Å². The zero-order chi connectivity index (χ0) is 16.8. The minimum Gasteiger partial charge on any atom is -0.495 e. The van der Waals surface area contributed by atoms with E-state index in [4.69, 9.17) is 4.74 Å². The molecule has 0 spiro atoms. The van der Waals surface area contributed by atoms with E-state index in [-0.39, 0.29) is 5.60 Å². The van der Waals surface area contributed by atoms with Crippen LogP contribution in [0.5, 0.6) is 0 Å². The smallest absolute Gasteiger partial charge is 0.188 e. The molecule has 0 amide bonds. The summed E-state index contributed by atoms with van der Waals surface area (Å²) in [5.41, 5.74) is 1.71. The molecule has 1 unspecified atom stereocenters. The quantitative estimate of drug-likeness (QED) is 0.888. The van der Waals surface area contributed by atoms with Gasteiger partial charge < -0.3 is 14.7 Å². The van der Waals surface area contributed by atoms with Gasteiger partial charge in [0.2, 0.25) is 0 Å². The number of benzene rings is 1. The molecule has 2 aliphatic rings. The van der Waals surface area contributed by atoms with Crippen LogP contribution in [0.1, 0.15) is 46.6 Å². The number of aliphatic hydroxyl groups is 1. The lowest BCUT2D eigenvalue weighted by Crippen LogP contribution is -2.45. The molecule has 1 N–H and O–H groups in total. The fourth-order valence-corrected chi connectivity index (χ4v) is 4.26. The van der Waals surface area contributed by atoms with Crippen molar-refractivity contribution >= 4 is 0 Å². The van der Waals surface area contributed by atoms with Crippen LogP contribution in [0.25, 0.3) is 0 Å². The zero-order valence-corrected chi connectivity index (χ0v) is 15.0. The number of rotatable bonds is 4. The number of nitrogens with zero attached hydrogens (tertiary/aromatic N) is 1. The Morgan fingerprint density at radius 1 is 1.13 bits per heavy atom. The monoisotopic (exact) mass is 315 g/mol. The minimum absolute atomic E-state index is 0.193. The molecule has 3 rings (SSSR count). The number of aliphatic hydroxyl groups excluding tert-OH is 1. The van der Waals surface area contributed by atoms with Gasteiger partial charge in [0.15, 0.2) is 5.88 Å². The first-order valence-electron chi connectivity index (χ1n) is 8.71. The SMILES string of the molecule is CC(C)C1(C(C)C)CN2C(O)=C(Cc3ccccc3)CC2(C)O1. The largest absolute Gasteiger partial charge is 0.495 e. The van der Waals surface area contributed by atoms with E-state index in [1.807, 2.05) is 18.2 Å². The van der Waals surface area contributed by atoms with Gasteiger partial charge in [0, 0.05) is 6.42 Å². The summed E-state index contributed by atoms with van der Waals surface area (Å²) in [7, 11) is 0. The summed E-state index contributed by atoms with van der Waals surface area (Å²) in [4.78, 5) is 2.09. The van der Waals surface area contributed by atoms with Crippen molar-refractivity contribution in [3.63, 3.8) is 0 Å². The van der Waals surface area contributed by atoms with Crippen molar-refractivity contribution < 1.29 is 9.84 Å². The van der Waals surface area contributed by atoms with E-state index in [0.29, 0.717) is 17.7 Å². The van der Waals surface area contributed by atoms with E-state index in [9.17, 15) is 5.11 Å². The predicted octanol–water partition coefficient (Wildman–Crippen LogP) is 4.50. The van der Waals surface area contributed by atoms with E-state index in [2.05, 4.69) is 51.7 Å². The summed E-state index contributed by atoms with van der Waals surface area (Å²) in [5.74, 6) is 1.25. The lowest BCUT2D eigenvalue weighted by Gasteiger charge is -2.38. The molecule has 3 nitrogen and oxygen atoms in total. The molecule has 126 valence electrons. The second kappa shape index (κ2) is 5.55. The molecule has 1 saturated heterocycles. The first-order valence-corrected chi connectivity index (χ1v) is 8.71. The molecule has 1 aromatic carbocycles. The third kappa shape index (κ3) is 2.55. The summed E-state index contributed by atoms with van der Waals surface area (Å²) in [5, 5.41) is 10.8. The van der Waals surface area contributed by atoms with Crippen LogP contribution < -0.4 is 0 Å². The fraction of sp³-hybridized carbons (Fsp3) is 0.600. The molecule has 1 fully saturated rings. The van der Waals surface area contributed by atoms with Crippen molar-refractivity contribution in [3.8, 4) is 0 Å². The highest BCUT2D eigenvalue weighted by molar-refractivity contribution is 5.29. The Bertz CT molecular complexity index is 597. The standard InChI is InChI=1S/C20H29NO2/c1-14(2)20(15(3)4)13-21-18(22)17(12-19(21,5)23-20)11-16-9-7-6-8-10-16/h6-10,14-15,22H,11-13H2,1-5H3. The topological polar surface area (TPSA) is 32.7 Å². The first kappa shape index (κ1) is 16.4. The maximum absolute atomic E-state index is 10.8. The maximum Gasteiger partial charge on any atom is 0.188 e. The molecule has 23 heavy (non-hydrogen) atoms. The van der Waals surface area contributed by atoms with Gasteiger partial charge in [-0.25, -0.2) is 0 Å². The molecule has 0 bridgehead atoms. The van der Waals surface area contributed by atoms with Crippen LogP contribution in [0.4, 0.5) is 0 Å². The second-order valence-electron chi connectivity index (χ2n) is 7.89. The van der Waals surface area contributed by atoms with E-state index in [0.717, 1.165) is 25.0 Å². The molecule has 0 aromatic heterocycles. The van der Waals surface area contributed by atoms with E-state index >= 15 is 0 Å². The normalized spacial score (nSPS) is 26.5. The van der Waals surface area contributed by atoms with Crippen molar-refractivity contribution in [3.05, 3.63) is 47.4 Å². The lowest BCUT2D eigenvalue weighted by molar-refractivity contribution is -0.154. The molecule has 1 aromatic rings. The van der Waals surface area contributed by atoms with Crippen LogP contribution >= 0.6 is 0 Å². The van der Waals surface area contributed by atoms with Crippen molar-refractivity contribution in [2.24, 2.45) is 11.8 Å². The van der Waals surface area contributed by atoms with Crippen molar-refractivity contribution in [1.82, 2.24) is 4.90 Å². The van der Waals surface area contributed by atoms with Crippen molar-refractivity contribution in [1.29, 1.82) is 0 Å². The van der Waals surface area contributed by atoms with Gasteiger partial charge in [0.05, 0.1) is 12.1 Å². The van der Waals surface area contributed by atoms with Gasteiger partial charge in [0.25, 0.3) is 0 Å². The van der Waals surface area contributed by atoms with Crippen LogP contribution in [0.15, 0.2) is 41.8 Å². The number of ether oxygens (including phenoxy) is 1. The van der Waals surface area contributed by atoms with Gasteiger partial charge in [-0.3, -0.25) is 0 Å². The first-order chi connectivity index (χ1) is 10.8. The minimum atomic E-state index is -0.414. The molecule has 0 aliphatic carbocycles. The highest BCUT2D eigenvalue weighted by Crippen LogP contribution is 2.51. The van der Waals surface area contributed by atoms with Gasteiger partial charge in [0.1, 0.15) is 5.72 Å². The summed E-state index contributed by atoms with van der Waals surface area (Å²) in [6.45, 7) is 11.8. The van der Waals surface area contributed by atoms with Gasteiger partial charge in [-0.2, -0.15) is 0 Å².